The lowest BCUT2D eigenvalue weighted by atomic mass is 9.80. The molecule has 0 aromatic heterocycles. The molecule has 1 aliphatic carbocycles. The Hall–Kier alpha value is -1.39. The summed E-state index contributed by atoms with van der Waals surface area (Å²) in [5.74, 6) is 0.813. The van der Waals surface area contributed by atoms with E-state index >= 15 is 0 Å². The number of aryl methyl sites for hydroxylation is 1. The van der Waals surface area contributed by atoms with Gasteiger partial charge in [0.2, 0.25) is 5.91 Å². The summed E-state index contributed by atoms with van der Waals surface area (Å²) in [6.07, 6.45) is 3.53. The van der Waals surface area contributed by atoms with Gasteiger partial charge in [-0.3, -0.25) is 4.79 Å². The number of hydrogen-bond acceptors (Lipinski definition) is 3. The lowest BCUT2D eigenvalue weighted by Gasteiger charge is -2.38. The summed E-state index contributed by atoms with van der Waals surface area (Å²) in [5, 5.41) is 0. The van der Waals surface area contributed by atoms with E-state index < -0.39 is 0 Å². The second kappa shape index (κ2) is 4.94. The molecule has 19 heavy (non-hydrogen) atoms. The molecule has 4 nitrogen and oxygen atoms in total. The molecule has 1 heterocycles. The Balaban J connectivity index is 1.82. The molecule has 1 aromatic rings. The quantitative estimate of drug-likeness (QED) is 0.855. The van der Waals surface area contributed by atoms with Crippen LogP contribution in [0.3, 0.4) is 0 Å². The Morgan fingerprint density at radius 2 is 2.05 bits per heavy atom. The zero-order valence-corrected chi connectivity index (χ0v) is 11.1. The van der Waals surface area contributed by atoms with Crippen LogP contribution >= 0.6 is 0 Å². The zero-order chi connectivity index (χ0) is 13.4. The number of nitrogens with two attached hydrogens (primary N) is 2. The predicted molar refractivity (Wildman–Crippen MR) is 75.7 cm³/mol. The highest BCUT2D eigenvalue weighted by Crippen LogP contribution is 2.33. The van der Waals surface area contributed by atoms with E-state index in [-0.39, 0.29) is 5.91 Å². The number of rotatable bonds is 3. The standard InChI is InChI=1S/C15H21N3O/c16-8-10-1-3-14-12(5-10)2-4-15(19)18(14)9-11-6-13(17)7-11/h1,3,5,11,13H,2,4,6-9,16-17H2. The van der Waals surface area contributed by atoms with Gasteiger partial charge in [0.25, 0.3) is 0 Å². The zero-order valence-electron chi connectivity index (χ0n) is 11.1. The van der Waals surface area contributed by atoms with Crippen molar-refractivity contribution in [1.29, 1.82) is 0 Å². The van der Waals surface area contributed by atoms with Crippen LogP contribution < -0.4 is 16.4 Å². The largest absolute Gasteiger partial charge is 0.328 e. The Bertz CT molecular complexity index is 494. The number of carbonyl (C=O) groups excluding carboxylic acids is 1. The van der Waals surface area contributed by atoms with E-state index in [1.807, 2.05) is 17.0 Å². The average Bonchev–Trinajstić information content (AvgIpc) is 2.39. The van der Waals surface area contributed by atoms with Crippen molar-refractivity contribution < 1.29 is 4.79 Å². The fraction of sp³-hybridized carbons (Fsp3) is 0.533. The molecule has 2 aliphatic rings. The first-order valence-electron chi connectivity index (χ1n) is 7.05. The fourth-order valence-electron chi connectivity index (χ4n) is 3.13. The van der Waals surface area contributed by atoms with Crippen molar-refractivity contribution in [1.82, 2.24) is 0 Å². The number of anilines is 1. The van der Waals surface area contributed by atoms with Crippen molar-refractivity contribution in [3.05, 3.63) is 29.3 Å². The van der Waals surface area contributed by atoms with Gasteiger partial charge in [-0.15, -0.1) is 0 Å². The lowest BCUT2D eigenvalue weighted by Crippen LogP contribution is -2.46. The summed E-state index contributed by atoms with van der Waals surface area (Å²) in [4.78, 5) is 14.1. The highest BCUT2D eigenvalue weighted by Gasteiger charge is 2.32. The first-order chi connectivity index (χ1) is 9.17. The first kappa shape index (κ1) is 12.6. The second-order valence-electron chi connectivity index (χ2n) is 5.77. The summed E-state index contributed by atoms with van der Waals surface area (Å²) >= 11 is 0. The van der Waals surface area contributed by atoms with Crippen LogP contribution in [0.4, 0.5) is 5.69 Å². The number of hydrogen-bond donors (Lipinski definition) is 2. The van der Waals surface area contributed by atoms with Crippen LogP contribution in [0.15, 0.2) is 18.2 Å². The van der Waals surface area contributed by atoms with Gasteiger partial charge in [0.1, 0.15) is 0 Å². The number of nitrogens with zero attached hydrogens (tertiary/aromatic N) is 1. The second-order valence-corrected chi connectivity index (χ2v) is 5.77. The van der Waals surface area contributed by atoms with Gasteiger partial charge >= 0.3 is 0 Å². The van der Waals surface area contributed by atoms with Crippen LogP contribution in [0.5, 0.6) is 0 Å². The van der Waals surface area contributed by atoms with Crippen LogP contribution in [-0.4, -0.2) is 18.5 Å². The van der Waals surface area contributed by atoms with Crippen LogP contribution in [0.2, 0.25) is 0 Å². The van der Waals surface area contributed by atoms with E-state index in [9.17, 15) is 4.79 Å². The minimum absolute atomic E-state index is 0.244. The predicted octanol–water partition coefficient (Wildman–Crippen LogP) is 1.16. The van der Waals surface area contributed by atoms with Gasteiger partial charge in [0.15, 0.2) is 0 Å². The normalized spacial score (nSPS) is 26.0. The molecule has 4 heteroatoms. The Kier molecular flexibility index (Phi) is 3.29. The minimum Gasteiger partial charge on any atom is -0.328 e. The summed E-state index contributed by atoms with van der Waals surface area (Å²) in [5.41, 5.74) is 15.0. The van der Waals surface area contributed by atoms with Crippen molar-refractivity contribution in [2.75, 3.05) is 11.4 Å². The van der Waals surface area contributed by atoms with E-state index in [0.717, 1.165) is 37.1 Å². The number of carbonyl (C=O) groups is 1. The Morgan fingerprint density at radius 3 is 2.74 bits per heavy atom. The van der Waals surface area contributed by atoms with Gasteiger partial charge in [0, 0.05) is 31.2 Å². The first-order valence-corrected chi connectivity index (χ1v) is 7.05. The molecule has 1 aromatic carbocycles. The third-order valence-electron chi connectivity index (χ3n) is 4.29. The highest BCUT2D eigenvalue weighted by molar-refractivity contribution is 5.96. The topological polar surface area (TPSA) is 72.4 Å². The molecule has 0 unspecified atom stereocenters. The monoisotopic (exact) mass is 259 g/mol. The molecule has 4 N–H and O–H groups in total. The van der Waals surface area contributed by atoms with Gasteiger partial charge < -0.3 is 16.4 Å². The van der Waals surface area contributed by atoms with Crippen molar-refractivity contribution in [3.8, 4) is 0 Å². The van der Waals surface area contributed by atoms with Gasteiger partial charge in [-0.2, -0.15) is 0 Å². The number of amides is 1. The van der Waals surface area contributed by atoms with Gasteiger partial charge in [-0.25, -0.2) is 0 Å². The summed E-state index contributed by atoms with van der Waals surface area (Å²) in [6, 6.07) is 6.55. The van der Waals surface area contributed by atoms with Gasteiger partial charge in [0.05, 0.1) is 0 Å². The van der Waals surface area contributed by atoms with Crippen LogP contribution in [0.1, 0.15) is 30.4 Å². The molecule has 0 saturated heterocycles. The third kappa shape index (κ3) is 2.38. The fourth-order valence-corrected chi connectivity index (χ4v) is 3.13. The molecule has 0 atom stereocenters. The highest BCUT2D eigenvalue weighted by atomic mass is 16.2. The maximum atomic E-state index is 12.1. The number of benzene rings is 1. The van der Waals surface area contributed by atoms with Crippen molar-refractivity contribution in [3.63, 3.8) is 0 Å². The van der Waals surface area contributed by atoms with E-state index in [1.54, 1.807) is 0 Å². The summed E-state index contributed by atoms with van der Waals surface area (Å²) in [6.45, 7) is 1.38. The maximum Gasteiger partial charge on any atom is 0.227 e. The molecule has 0 spiro atoms. The number of fused-ring (bicyclic) bond motifs is 1. The Labute approximate surface area is 113 Å². The SMILES string of the molecule is NCc1ccc2c(c1)CCC(=O)N2CC1CC(N)C1. The average molecular weight is 259 g/mol. The van der Waals surface area contributed by atoms with E-state index in [0.29, 0.717) is 24.9 Å². The van der Waals surface area contributed by atoms with Gasteiger partial charge in [-0.1, -0.05) is 12.1 Å². The minimum atomic E-state index is 0.244. The third-order valence-corrected chi connectivity index (χ3v) is 4.29. The molecular formula is C15H21N3O. The van der Waals surface area contributed by atoms with Crippen LogP contribution in [0.25, 0.3) is 0 Å². The van der Waals surface area contributed by atoms with E-state index in [1.165, 1.54) is 5.56 Å². The lowest BCUT2D eigenvalue weighted by molar-refractivity contribution is -0.119. The molecule has 0 radical (unpaired) electrons. The Morgan fingerprint density at radius 1 is 1.26 bits per heavy atom. The molecule has 3 rings (SSSR count). The van der Waals surface area contributed by atoms with Crippen molar-refractivity contribution in [2.24, 2.45) is 17.4 Å². The van der Waals surface area contributed by atoms with E-state index in [2.05, 4.69) is 6.07 Å². The van der Waals surface area contributed by atoms with Crippen LogP contribution in [-0.2, 0) is 17.8 Å². The summed E-state index contributed by atoms with van der Waals surface area (Å²) < 4.78 is 0. The maximum absolute atomic E-state index is 12.1. The summed E-state index contributed by atoms with van der Waals surface area (Å²) in [7, 11) is 0. The van der Waals surface area contributed by atoms with E-state index in [4.69, 9.17) is 11.5 Å². The molecule has 1 saturated carbocycles. The van der Waals surface area contributed by atoms with Crippen molar-refractivity contribution >= 4 is 11.6 Å². The molecule has 1 amide bonds. The molecule has 1 aliphatic heterocycles. The van der Waals surface area contributed by atoms with Crippen LogP contribution in [0, 0.1) is 5.92 Å². The smallest absolute Gasteiger partial charge is 0.227 e. The molecule has 102 valence electrons. The van der Waals surface area contributed by atoms with Crippen molar-refractivity contribution in [2.45, 2.75) is 38.3 Å². The van der Waals surface area contributed by atoms with Gasteiger partial charge in [-0.05, 0) is 42.4 Å². The molecule has 1 fully saturated rings. The molecule has 0 bridgehead atoms. The molecular weight excluding hydrogens is 238 g/mol.